The van der Waals surface area contributed by atoms with Crippen molar-refractivity contribution in [2.75, 3.05) is 12.4 Å². The number of anilines is 1. The maximum atomic E-state index is 13.6. The van der Waals surface area contributed by atoms with E-state index in [4.69, 9.17) is 9.47 Å². The minimum Gasteiger partial charge on any atom is -0.494 e. The molecular weight excluding hydrogens is 344 g/mol. The average molecular weight is 363 g/mol. The number of nitrogens with one attached hydrogen (secondary N) is 1. The van der Waals surface area contributed by atoms with Gasteiger partial charge in [0, 0.05) is 5.69 Å². The van der Waals surface area contributed by atoms with E-state index >= 15 is 0 Å². The van der Waals surface area contributed by atoms with E-state index in [0.29, 0.717) is 11.1 Å². The lowest BCUT2D eigenvalue weighted by Gasteiger charge is -2.14. The Labute approximate surface area is 149 Å². The number of halogens is 2. The quantitative estimate of drug-likeness (QED) is 0.799. The number of carbonyl (C=O) groups is 2. The molecule has 1 N–H and O–H groups in total. The van der Waals surface area contributed by atoms with Crippen LogP contribution in [-0.2, 0) is 20.7 Å². The molecular formula is C19H19F2NO4. The molecule has 26 heavy (non-hydrogen) atoms. The molecule has 1 unspecified atom stereocenters. The lowest BCUT2D eigenvalue weighted by molar-refractivity contribution is -0.152. The molecule has 0 saturated carbocycles. The third-order valence-electron chi connectivity index (χ3n) is 3.68. The van der Waals surface area contributed by atoms with Crippen molar-refractivity contribution in [2.24, 2.45) is 0 Å². The third-order valence-corrected chi connectivity index (χ3v) is 3.68. The summed E-state index contributed by atoms with van der Waals surface area (Å²) in [4.78, 5) is 24.0. The molecule has 7 heteroatoms. The van der Waals surface area contributed by atoms with Gasteiger partial charge in [-0.1, -0.05) is 12.1 Å². The van der Waals surface area contributed by atoms with Crippen molar-refractivity contribution in [3.8, 4) is 5.75 Å². The highest BCUT2D eigenvalue weighted by atomic mass is 19.1. The molecule has 1 atom stereocenters. The number of rotatable bonds is 6. The number of esters is 1. The number of methoxy groups -OCH3 is 1. The third kappa shape index (κ3) is 5.02. The topological polar surface area (TPSA) is 64.6 Å². The van der Waals surface area contributed by atoms with Crippen molar-refractivity contribution in [1.29, 1.82) is 0 Å². The van der Waals surface area contributed by atoms with Crippen molar-refractivity contribution in [2.45, 2.75) is 26.4 Å². The molecule has 0 radical (unpaired) electrons. The zero-order chi connectivity index (χ0) is 19.3. The lowest BCUT2D eigenvalue weighted by atomic mass is 10.1. The van der Waals surface area contributed by atoms with Crippen LogP contribution >= 0.6 is 0 Å². The van der Waals surface area contributed by atoms with Crippen LogP contribution < -0.4 is 10.1 Å². The van der Waals surface area contributed by atoms with Crippen LogP contribution in [0.3, 0.4) is 0 Å². The van der Waals surface area contributed by atoms with Crippen molar-refractivity contribution in [3.05, 3.63) is 59.2 Å². The summed E-state index contributed by atoms with van der Waals surface area (Å²) in [5.41, 5.74) is 1.11. The molecule has 2 aromatic carbocycles. The molecule has 1 amide bonds. The van der Waals surface area contributed by atoms with Crippen LogP contribution in [0.4, 0.5) is 14.5 Å². The van der Waals surface area contributed by atoms with E-state index in [2.05, 4.69) is 5.32 Å². The summed E-state index contributed by atoms with van der Waals surface area (Å²) in [5.74, 6) is -2.26. The highest BCUT2D eigenvalue weighted by Gasteiger charge is 2.19. The molecule has 0 aromatic heterocycles. The predicted octanol–water partition coefficient (Wildman–Crippen LogP) is 3.39. The van der Waals surface area contributed by atoms with E-state index in [0.717, 1.165) is 0 Å². The van der Waals surface area contributed by atoms with E-state index in [9.17, 15) is 18.4 Å². The SMILES string of the molecule is COc1ccc(CC(=O)OC(C)C(=O)Nc2ccc(C)c(F)c2)cc1F. The van der Waals surface area contributed by atoms with Crippen molar-refractivity contribution in [1.82, 2.24) is 0 Å². The summed E-state index contributed by atoms with van der Waals surface area (Å²) in [6, 6.07) is 8.36. The molecule has 2 rings (SSSR count). The zero-order valence-corrected chi connectivity index (χ0v) is 14.6. The van der Waals surface area contributed by atoms with E-state index in [-0.39, 0.29) is 17.9 Å². The standard InChI is InChI=1S/C19H19F2NO4/c1-11-4-6-14(10-15(11)20)22-19(24)12(2)26-18(23)9-13-5-7-17(25-3)16(21)8-13/h4-8,10,12H,9H2,1-3H3,(H,22,24). The van der Waals surface area contributed by atoms with Crippen molar-refractivity contribution in [3.63, 3.8) is 0 Å². The fourth-order valence-corrected chi connectivity index (χ4v) is 2.19. The Kier molecular flexibility index (Phi) is 6.27. The Balaban J connectivity index is 1.92. The average Bonchev–Trinajstić information content (AvgIpc) is 2.58. The van der Waals surface area contributed by atoms with E-state index in [1.807, 2.05) is 0 Å². The number of aryl methyl sites for hydroxylation is 1. The summed E-state index contributed by atoms with van der Waals surface area (Å²) in [7, 11) is 1.34. The highest BCUT2D eigenvalue weighted by Crippen LogP contribution is 2.18. The highest BCUT2D eigenvalue weighted by molar-refractivity contribution is 5.95. The summed E-state index contributed by atoms with van der Waals surface area (Å²) in [5, 5.41) is 2.47. The number of hydrogen-bond acceptors (Lipinski definition) is 4. The first-order valence-corrected chi connectivity index (χ1v) is 7.89. The summed E-state index contributed by atoms with van der Waals surface area (Å²) >= 11 is 0. The Morgan fingerprint density at radius 2 is 1.85 bits per heavy atom. The molecule has 138 valence electrons. The number of ether oxygens (including phenoxy) is 2. The van der Waals surface area contributed by atoms with E-state index in [1.54, 1.807) is 13.0 Å². The largest absolute Gasteiger partial charge is 0.494 e. The smallest absolute Gasteiger partial charge is 0.311 e. The number of benzene rings is 2. The fourth-order valence-electron chi connectivity index (χ4n) is 2.19. The van der Waals surface area contributed by atoms with E-state index in [1.165, 1.54) is 44.4 Å². The van der Waals surface area contributed by atoms with Crippen LogP contribution in [-0.4, -0.2) is 25.1 Å². The van der Waals surface area contributed by atoms with Gasteiger partial charge in [0.25, 0.3) is 5.91 Å². The van der Waals surface area contributed by atoms with Gasteiger partial charge in [-0.3, -0.25) is 9.59 Å². The Morgan fingerprint density at radius 3 is 2.46 bits per heavy atom. The van der Waals surface area contributed by atoms with Crippen molar-refractivity contribution >= 4 is 17.6 Å². The van der Waals surface area contributed by atoms with Gasteiger partial charge in [0.15, 0.2) is 17.7 Å². The van der Waals surface area contributed by atoms with Crippen LogP contribution in [0.15, 0.2) is 36.4 Å². The summed E-state index contributed by atoms with van der Waals surface area (Å²) in [6.45, 7) is 3.00. The van der Waals surface area contributed by atoms with Crippen molar-refractivity contribution < 1.29 is 27.8 Å². The van der Waals surface area contributed by atoms with Crippen LogP contribution in [0.25, 0.3) is 0 Å². The van der Waals surface area contributed by atoms with Crippen LogP contribution in [0.5, 0.6) is 5.75 Å². The lowest BCUT2D eigenvalue weighted by Crippen LogP contribution is -2.30. The monoisotopic (exact) mass is 363 g/mol. The van der Waals surface area contributed by atoms with E-state index < -0.39 is 29.6 Å². The number of hydrogen-bond donors (Lipinski definition) is 1. The second kappa shape index (κ2) is 8.42. The first-order valence-electron chi connectivity index (χ1n) is 7.89. The molecule has 0 aliphatic rings. The molecule has 2 aromatic rings. The first-order chi connectivity index (χ1) is 12.3. The molecule has 0 fully saturated rings. The molecule has 0 spiro atoms. The molecule has 0 heterocycles. The van der Waals surface area contributed by atoms with Gasteiger partial charge in [0.05, 0.1) is 13.5 Å². The number of carbonyl (C=O) groups excluding carboxylic acids is 2. The molecule has 0 bridgehead atoms. The molecule has 0 aliphatic carbocycles. The minimum atomic E-state index is -1.09. The maximum Gasteiger partial charge on any atom is 0.311 e. The van der Waals surface area contributed by atoms with Gasteiger partial charge in [0.1, 0.15) is 5.82 Å². The van der Waals surface area contributed by atoms with Crippen LogP contribution in [0.1, 0.15) is 18.1 Å². The number of amides is 1. The fraction of sp³-hybridized carbons (Fsp3) is 0.263. The van der Waals surface area contributed by atoms with Crippen LogP contribution in [0.2, 0.25) is 0 Å². The van der Waals surface area contributed by atoms with Gasteiger partial charge < -0.3 is 14.8 Å². The van der Waals surface area contributed by atoms with Crippen LogP contribution in [0, 0.1) is 18.6 Å². The Morgan fingerprint density at radius 1 is 1.12 bits per heavy atom. The minimum absolute atomic E-state index is 0.0696. The second-order valence-corrected chi connectivity index (χ2v) is 5.73. The summed E-state index contributed by atoms with van der Waals surface area (Å²) < 4.78 is 37.0. The van der Waals surface area contributed by atoms with Gasteiger partial charge in [-0.15, -0.1) is 0 Å². The molecule has 0 saturated heterocycles. The van der Waals surface area contributed by atoms with Gasteiger partial charge in [-0.2, -0.15) is 0 Å². The second-order valence-electron chi connectivity index (χ2n) is 5.73. The molecule has 0 aliphatic heterocycles. The van der Waals surface area contributed by atoms with Gasteiger partial charge in [0.2, 0.25) is 0 Å². The maximum absolute atomic E-state index is 13.6. The first kappa shape index (κ1) is 19.4. The molecule has 5 nitrogen and oxygen atoms in total. The Hall–Kier alpha value is -2.96. The van der Waals surface area contributed by atoms with Gasteiger partial charge >= 0.3 is 5.97 Å². The van der Waals surface area contributed by atoms with Gasteiger partial charge in [-0.05, 0) is 49.2 Å². The Bertz CT molecular complexity index is 823. The predicted molar refractivity (Wildman–Crippen MR) is 92.0 cm³/mol. The normalized spacial score (nSPS) is 11.6. The van der Waals surface area contributed by atoms with Gasteiger partial charge in [-0.25, -0.2) is 8.78 Å². The summed E-state index contributed by atoms with van der Waals surface area (Å²) in [6.07, 6.45) is -1.28. The zero-order valence-electron chi connectivity index (χ0n) is 14.6.